The third kappa shape index (κ3) is 1.71. The minimum atomic E-state index is 0.0893. The Morgan fingerprint density at radius 3 is 2.73 bits per heavy atom. The average molecular weight is 151 g/mol. The predicted molar refractivity (Wildman–Crippen MR) is 43.4 cm³/mol. The first-order valence-corrected chi connectivity index (χ1v) is 3.49. The normalized spacial score (nSPS) is 10.0. The van der Waals surface area contributed by atoms with Crippen molar-refractivity contribution in [1.29, 1.82) is 0 Å². The summed E-state index contributed by atoms with van der Waals surface area (Å²) in [5.74, 6) is 0.191. The van der Waals surface area contributed by atoms with Gasteiger partial charge >= 0.3 is 0 Å². The molecule has 2 N–H and O–H groups in total. The first-order chi connectivity index (χ1) is 5.25. The molecule has 1 aromatic carbocycles. The minimum Gasteiger partial charge on any atom is -0.508 e. The van der Waals surface area contributed by atoms with Crippen molar-refractivity contribution in [2.75, 3.05) is 6.61 Å². The predicted octanol–water partition coefficient (Wildman–Crippen LogP) is 1.11. The molecule has 0 bridgehead atoms. The van der Waals surface area contributed by atoms with E-state index in [9.17, 15) is 5.11 Å². The molecule has 0 aromatic heterocycles. The van der Waals surface area contributed by atoms with E-state index in [1.54, 1.807) is 12.1 Å². The Balaban J connectivity index is 2.96. The Morgan fingerprint density at radius 2 is 2.09 bits per heavy atom. The van der Waals surface area contributed by atoms with Gasteiger partial charge in [0.05, 0.1) is 0 Å². The highest BCUT2D eigenvalue weighted by molar-refractivity contribution is 5.41. The molecule has 2 heteroatoms. The van der Waals surface area contributed by atoms with Crippen molar-refractivity contribution in [3.05, 3.63) is 36.2 Å². The maximum Gasteiger partial charge on any atom is 0.119 e. The molecule has 2 nitrogen and oxygen atoms in total. The molecule has 1 radical (unpaired) electrons. The van der Waals surface area contributed by atoms with Crippen LogP contribution in [0.4, 0.5) is 0 Å². The van der Waals surface area contributed by atoms with Crippen LogP contribution in [0.5, 0.6) is 5.75 Å². The van der Waals surface area contributed by atoms with E-state index in [4.69, 9.17) is 5.11 Å². The maximum absolute atomic E-state index is 9.18. The topological polar surface area (TPSA) is 40.5 Å². The zero-order valence-electron chi connectivity index (χ0n) is 6.25. The van der Waals surface area contributed by atoms with Gasteiger partial charge in [0.2, 0.25) is 0 Å². The fraction of sp³-hybridized carbons (Fsp3) is 0.222. The molecular weight excluding hydrogens is 140 g/mol. The van der Waals surface area contributed by atoms with Crippen molar-refractivity contribution in [1.82, 2.24) is 0 Å². The number of phenolic OH excluding ortho intramolecular Hbond substituents is 1. The Bertz CT molecular complexity index is 243. The Morgan fingerprint density at radius 1 is 1.36 bits per heavy atom. The summed E-state index contributed by atoms with van der Waals surface area (Å²) < 4.78 is 0. The molecule has 0 atom stereocenters. The number of phenols is 1. The molecule has 0 aliphatic heterocycles. The van der Waals surface area contributed by atoms with Crippen LogP contribution in [0.3, 0.4) is 0 Å². The molecule has 0 amide bonds. The smallest absolute Gasteiger partial charge is 0.119 e. The molecule has 0 spiro atoms. The number of hydrogen-bond donors (Lipinski definition) is 2. The molecule has 0 saturated heterocycles. The zero-order valence-corrected chi connectivity index (χ0v) is 6.25. The van der Waals surface area contributed by atoms with Gasteiger partial charge in [-0.3, -0.25) is 0 Å². The Kier molecular flexibility index (Phi) is 2.49. The van der Waals surface area contributed by atoms with Crippen LogP contribution < -0.4 is 0 Å². The van der Waals surface area contributed by atoms with Crippen molar-refractivity contribution in [2.24, 2.45) is 0 Å². The standard InChI is InChI=1S/C9H11O2/c1-7-8(5-6-10)3-2-4-9(7)11/h2-4,10-11H,1,5-6H2. The van der Waals surface area contributed by atoms with Gasteiger partial charge < -0.3 is 10.2 Å². The summed E-state index contributed by atoms with van der Waals surface area (Å²) in [6, 6.07) is 5.18. The fourth-order valence-electron chi connectivity index (χ4n) is 0.976. The van der Waals surface area contributed by atoms with Gasteiger partial charge in [0.1, 0.15) is 5.75 Å². The highest BCUT2D eigenvalue weighted by atomic mass is 16.3. The van der Waals surface area contributed by atoms with Gasteiger partial charge in [0, 0.05) is 6.61 Å². The van der Waals surface area contributed by atoms with Gasteiger partial charge in [0.15, 0.2) is 0 Å². The van der Waals surface area contributed by atoms with E-state index in [1.165, 1.54) is 0 Å². The molecule has 11 heavy (non-hydrogen) atoms. The second kappa shape index (κ2) is 3.39. The largest absolute Gasteiger partial charge is 0.508 e. The molecular formula is C9H11O2. The van der Waals surface area contributed by atoms with Gasteiger partial charge in [0.25, 0.3) is 0 Å². The van der Waals surface area contributed by atoms with Crippen molar-refractivity contribution in [2.45, 2.75) is 6.42 Å². The van der Waals surface area contributed by atoms with Crippen LogP contribution in [0.25, 0.3) is 0 Å². The second-order valence-corrected chi connectivity index (χ2v) is 2.39. The average Bonchev–Trinajstić information content (AvgIpc) is 1.99. The summed E-state index contributed by atoms with van der Waals surface area (Å²) in [4.78, 5) is 0. The van der Waals surface area contributed by atoms with Crippen LogP contribution in [0, 0.1) is 6.92 Å². The molecule has 1 rings (SSSR count). The quantitative estimate of drug-likeness (QED) is 0.664. The first kappa shape index (κ1) is 8.08. The number of aromatic hydroxyl groups is 1. The number of hydrogen-bond acceptors (Lipinski definition) is 2. The monoisotopic (exact) mass is 151 g/mol. The van der Waals surface area contributed by atoms with Gasteiger partial charge in [-0.05, 0) is 30.5 Å². The second-order valence-electron chi connectivity index (χ2n) is 2.39. The lowest BCUT2D eigenvalue weighted by Gasteiger charge is -2.04. The molecule has 0 heterocycles. The van der Waals surface area contributed by atoms with E-state index in [2.05, 4.69) is 6.92 Å². The molecule has 0 unspecified atom stereocenters. The van der Waals surface area contributed by atoms with Crippen LogP contribution in [-0.4, -0.2) is 16.8 Å². The molecule has 0 aliphatic rings. The lowest BCUT2D eigenvalue weighted by atomic mass is 10.1. The lowest BCUT2D eigenvalue weighted by molar-refractivity contribution is 0.299. The summed E-state index contributed by atoms with van der Waals surface area (Å²) in [5.41, 5.74) is 1.51. The zero-order chi connectivity index (χ0) is 8.27. The third-order valence-electron chi connectivity index (χ3n) is 1.63. The van der Waals surface area contributed by atoms with Crippen molar-refractivity contribution in [3.8, 4) is 5.75 Å². The molecule has 0 fully saturated rings. The van der Waals surface area contributed by atoms with E-state index >= 15 is 0 Å². The maximum atomic E-state index is 9.18. The third-order valence-corrected chi connectivity index (χ3v) is 1.63. The first-order valence-electron chi connectivity index (χ1n) is 3.49. The Labute approximate surface area is 66.1 Å². The number of aliphatic hydroxyl groups is 1. The van der Waals surface area contributed by atoms with Crippen LogP contribution >= 0.6 is 0 Å². The van der Waals surface area contributed by atoms with E-state index < -0.39 is 0 Å². The number of benzene rings is 1. The van der Waals surface area contributed by atoms with Crippen LogP contribution in [0.15, 0.2) is 18.2 Å². The molecule has 1 aromatic rings. The minimum absolute atomic E-state index is 0.0893. The van der Waals surface area contributed by atoms with E-state index in [0.717, 1.165) is 5.56 Å². The molecule has 59 valence electrons. The Hall–Kier alpha value is -1.02. The van der Waals surface area contributed by atoms with Gasteiger partial charge in [-0.25, -0.2) is 0 Å². The van der Waals surface area contributed by atoms with Gasteiger partial charge in [-0.2, -0.15) is 0 Å². The van der Waals surface area contributed by atoms with Gasteiger partial charge in [-0.15, -0.1) is 0 Å². The SMILES string of the molecule is [CH2]c1c(O)cccc1CCO. The van der Waals surface area contributed by atoms with E-state index in [-0.39, 0.29) is 12.4 Å². The van der Waals surface area contributed by atoms with Crippen LogP contribution in [0.1, 0.15) is 11.1 Å². The van der Waals surface area contributed by atoms with Crippen molar-refractivity contribution < 1.29 is 10.2 Å². The van der Waals surface area contributed by atoms with E-state index in [1.807, 2.05) is 6.07 Å². The van der Waals surface area contributed by atoms with Crippen LogP contribution in [-0.2, 0) is 6.42 Å². The molecule has 0 aliphatic carbocycles. The summed E-state index contributed by atoms with van der Waals surface area (Å²) in [5, 5.41) is 17.8. The lowest BCUT2D eigenvalue weighted by Crippen LogP contribution is -1.93. The fourth-order valence-corrected chi connectivity index (χ4v) is 0.976. The summed E-state index contributed by atoms with van der Waals surface area (Å²) >= 11 is 0. The van der Waals surface area contributed by atoms with Crippen LogP contribution in [0.2, 0.25) is 0 Å². The number of rotatable bonds is 2. The summed E-state index contributed by atoms with van der Waals surface area (Å²) in [7, 11) is 0. The van der Waals surface area contributed by atoms with Crippen molar-refractivity contribution in [3.63, 3.8) is 0 Å². The molecule has 0 saturated carbocycles. The van der Waals surface area contributed by atoms with Crippen molar-refractivity contribution >= 4 is 0 Å². The number of aliphatic hydroxyl groups excluding tert-OH is 1. The van der Waals surface area contributed by atoms with Gasteiger partial charge in [-0.1, -0.05) is 12.1 Å². The highest BCUT2D eigenvalue weighted by Gasteiger charge is 2.00. The summed E-state index contributed by atoms with van der Waals surface area (Å²) in [6.07, 6.45) is 0.549. The van der Waals surface area contributed by atoms with E-state index in [0.29, 0.717) is 12.0 Å². The summed E-state index contributed by atoms with van der Waals surface area (Å²) in [6.45, 7) is 3.77. The highest BCUT2D eigenvalue weighted by Crippen LogP contribution is 2.19.